The van der Waals surface area contributed by atoms with E-state index in [0.29, 0.717) is 12.2 Å². The fourth-order valence-electron chi connectivity index (χ4n) is 1.81. The van der Waals surface area contributed by atoms with Gasteiger partial charge in [0.1, 0.15) is 0 Å². The SMILES string of the molecule is COc1c(O)ccc(C)c1CC1(O)CC1. The van der Waals surface area contributed by atoms with Gasteiger partial charge in [-0.3, -0.25) is 0 Å². The largest absolute Gasteiger partial charge is 0.504 e. The number of benzene rings is 1. The van der Waals surface area contributed by atoms with Crippen molar-refractivity contribution in [3.63, 3.8) is 0 Å². The second kappa shape index (κ2) is 3.42. The zero-order valence-electron chi connectivity index (χ0n) is 9.08. The van der Waals surface area contributed by atoms with Crippen molar-refractivity contribution in [2.45, 2.75) is 31.8 Å². The van der Waals surface area contributed by atoms with Gasteiger partial charge in [-0.1, -0.05) is 6.07 Å². The molecule has 0 heterocycles. The van der Waals surface area contributed by atoms with E-state index in [-0.39, 0.29) is 5.75 Å². The van der Waals surface area contributed by atoms with E-state index in [1.54, 1.807) is 6.07 Å². The number of aromatic hydroxyl groups is 1. The van der Waals surface area contributed by atoms with Gasteiger partial charge in [0, 0.05) is 12.0 Å². The molecule has 1 aliphatic carbocycles. The van der Waals surface area contributed by atoms with Crippen LogP contribution in [0, 0.1) is 6.92 Å². The van der Waals surface area contributed by atoms with Gasteiger partial charge in [-0.2, -0.15) is 0 Å². The molecule has 0 bridgehead atoms. The van der Waals surface area contributed by atoms with Crippen LogP contribution in [0.15, 0.2) is 12.1 Å². The van der Waals surface area contributed by atoms with E-state index < -0.39 is 5.60 Å². The Balaban J connectivity index is 2.38. The maximum Gasteiger partial charge on any atom is 0.164 e. The molecule has 0 radical (unpaired) electrons. The third kappa shape index (κ3) is 1.92. The number of phenolic OH excluding ortho intramolecular Hbond substituents is 1. The summed E-state index contributed by atoms with van der Waals surface area (Å²) in [5, 5.41) is 19.5. The molecule has 2 rings (SSSR count). The molecule has 3 nitrogen and oxygen atoms in total. The third-order valence-electron chi connectivity index (χ3n) is 3.01. The second-order valence-corrected chi connectivity index (χ2v) is 4.31. The summed E-state index contributed by atoms with van der Waals surface area (Å²) >= 11 is 0. The monoisotopic (exact) mass is 208 g/mol. The molecule has 2 N–H and O–H groups in total. The number of aryl methyl sites for hydroxylation is 1. The smallest absolute Gasteiger partial charge is 0.164 e. The van der Waals surface area contributed by atoms with E-state index in [4.69, 9.17) is 4.74 Å². The predicted octanol–water partition coefficient (Wildman–Crippen LogP) is 1.78. The van der Waals surface area contributed by atoms with Crippen LogP contribution in [-0.2, 0) is 6.42 Å². The molecule has 0 aliphatic heterocycles. The lowest BCUT2D eigenvalue weighted by molar-refractivity contribution is 0.149. The van der Waals surface area contributed by atoms with Gasteiger partial charge in [0.05, 0.1) is 12.7 Å². The van der Waals surface area contributed by atoms with Crippen molar-refractivity contribution in [2.24, 2.45) is 0 Å². The van der Waals surface area contributed by atoms with Crippen LogP contribution in [0.25, 0.3) is 0 Å². The van der Waals surface area contributed by atoms with Gasteiger partial charge >= 0.3 is 0 Å². The third-order valence-corrected chi connectivity index (χ3v) is 3.01. The highest BCUT2D eigenvalue weighted by Crippen LogP contribution is 2.43. The molecule has 1 fully saturated rings. The predicted molar refractivity (Wildman–Crippen MR) is 57.3 cm³/mol. The van der Waals surface area contributed by atoms with Crippen molar-refractivity contribution in [3.05, 3.63) is 23.3 Å². The topological polar surface area (TPSA) is 49.7 Å². The summed E-state index contributed by atoms with van der Waals surface area (Å²) in [4.78, 5) is 0. The van der Waals surface area contributed by atoms with Crippen molar-refractivity contribution >= 4 is 0 Å². The maximum atomic E-state index is 9.88. The van der Waals surface area contributed by atoms with E-state index in [0.717, 1.165) is 24.0 Å². The minimum absolute atomic E-state index is 0.141. The molecule has 0 amide bonds. The summed E-state index contributed by atoms with van der Waals surface area (Å²) in [6, 6.07) is 3.47. The van der Waals surface area contributed by atoms with Gasteiger partial charge in [-0.25, -0.2) is 0 Å². The zero-order valence-corrected chi connectivity index (χ0v) is 9.08. The summed E-state index contributed by atoms with van der Waals surface area (Å²) < 4.78 is 5.17. The molecule has 1 aromatic rings. The van der Waals surface area contributed by atoms with Crippen LogP contribution in [-0.4, -0.2) is 22.9 Å². The van der Waals surface area contributed by atoms with Crippen molar-refractivity contribution in [2.75, 3.05) is 7.11 Å². The molecule has 3 heteroatoms. The fraction of sp³-hybridized carbons (Fsp3) is 0.500. The summed E-state index contributed by atoms with van der Waals surface area (Å²) in [7, 11) is 1.54. The van der Waals surface area contributed by atoms with Crippen LogP contribution in [0.4, 0.5) is 0 Å². The van der Waals surface area contributed by atoms with Crippen molar-refractivity contribution in [1.82, 2.24) is 0 Å². The molecule has 0 saturated heterocycles. The summed E-state index contributed by atoms with van der Waals surface area (Å²) in [6.45, 7) is 1.96. The Morgan fingerprint density at radius 2 is 2.07 bits per heavy atom. The normalized spacial score (nSPS) is 17.5. The lowest BCUT2D eigenvalue weighted by atomic mass is 9.99. The van der Waals surface area contributed by atoms with Crippen molar-refractivity contribution in [1.29, 1.82) is 0 Å². The number of ether oxygens (including phenoxy) is 1. The van der Waals surface area contributed by atoms with Gasteiger partial charge in [-0.15, -0.1) is 0 Å². The molecule has 1 aromatic carbocycles. The van der Waals surface area contributed by atoms with E-state index in [2.05, 4.69) is 0 Å². The first-order valence-corrected chi connectivity index (χ1v) is 5.13. The van der Waals surface area contributed by atoms with Crippen LogP contribution in [0.2, 0.25) is 0 Å². The molecular weight excluding hydrogens is 192 g/mol. The van der Waals surface area contributed by atoms with Gasteiger partial charge < -0.3 is 14.9 Å². The van der Waals surface area contributed by atoms with Gasteiger partial charge in [0.25, 0.3) is 0 Å². The zero-order chi connectivity index (χ0) is 11.1. The number of phenols is 1. The number of rotatable bonds is 3. The van der Waals surface area contributed by atoms with E-state index >= 15 is 0 Å². The first-order valence-electron chi connectivity index (χ1n) is 5.13. The summed E-state index contributed by atoms with van der Waals surface area (Å²) in [5.41, 5.74) is 1.40. The van der Waals surface area contributed by atoms with Crippen LogP contribution in [0.5, 0.6) is 11.5 Å². The standard InChI is InChI=1S/C12H16O3/c1-8-3-4-10(13)11(15-2)9(8)7-12(14)5-6-12/h3-4,13-14H,5-7H2,1-2H3. The Labute approximate surface area is 89.3 Å². The van der Waals surface area contributed by atoms with Crippen molar-refractivity contribution in [3.8, 4) is 11.5 Å². The Morgan fingerprint density at radius 3 is 2.60 bits per heavy atom. The molecule has 0 unspecified atom stereocenters. The Hall–Kier alpha value is -1.22. The molecule has 82 valence electrons. The first-order chi connectivity index (χ1) is 7.06. The molecule has 0 spiro atoms. The van der Waals surface area contributed by atoms with E-state index in [1.807, 2.05) is 13.0 Å². The highest BCUT2D eigenvalue weighted by atomic mass is 16.5. The average Bonchev–Trinajstić information content (AvgIpc) is 2.91. The average molecular weight is 208 g/mol. The number of hydrogen-bond donors (Lipinski definition) is 2. The summed E-state index contributed by atoms with van der Waals surface area (Å²) in [5.74, 6) is 0.637. The lowest BCUT2D eigenvalue weighted by Gasteiger charge is -2.15. The molecule has 1 aliphatic rings. The van der Waals surface area contributed by atoms with Gasteiger partial charge in [-0.05, 0) is 31.4 Å². The Morgan fingerprint density at radius 1 is 1.40 bits per heavy atom. The Kier molecular flexibility index (Phi) is 2.35. The number of aliphatic hydroxyl groups is 1. The highest BCUT2D eigenvalue weighted by molar-refractivity contribution is 5.50. The minimum atomic E-state index is -0.564. The quantitative estimate of drug-likeness (QED) is 0.796. The van der Waals surface area contributed by atoms with Crippen LogP contribution < -0.4 is 4.74 Å². The number of hydrogen-bond acceptors (Lipinski definition) is 3. The van der Waals surface area contributed by atoms with E-state index in [1.165, 1.54) is 7.11 Å². The molecule has 0 atom stereocenters. The maximum absolute atomic E-state index is 9.88. The molecular formula is C12H16O3. The molecule has 0 aromatic heterocycles. The van der Waals surface area contributed by atoms with Crippen LogP contribution in [0.3, 0.4) is 0 Å². The van der Waals surface area contributed by atoms with Gasteiger partial charge in [0.2, 0.25) is 0 Å². The van der Waals surface area contributed by atoms with Gasteiger partial charge in [0.15, 0.2) is 11.5 Å². The van der Waals surface area contributed by atoms with Crippen LogP contribution >= 0.6 is 0 Å². The second-order valence-electron chi connectivity index (χ2n) is 4.31. The van der Waals surface area contributed by atoms with E-state index in [9.17, 15) is 10.2 Å². The first kappa shape index (κ1) is 10.3. The molecule has 1 saturated carbocycles. The minimum Gasteiger partial charge on any atom is -0.504 e. The lowest BCUT2D eigenvalue weighted by Crippen LogP contribution is -2.12. The van der Waals surface area contributed by atoms with Crippen LogP contribution in [0.1, 0.15) is 24.0 Å². The molecule has 15 heavy (non-hydrogen) atoms. The summed E-state index contributed by atoms with van der Waals surface area (Å²) in [6.07, 6.45) is 2.24. The fourth-order valence-corrected chi connectivity index (χ4v) is 1.81. The van der Waals surface area contributed by atoms with Crippen molar-refractivity contribution < 1.29 is 14.9 Å². The number of methoxy groups -OCH3 is 1. The highest BCUT2D eigenvalue weighted by Gasteiger charge is 2.41. The Bertz CT molecular complexity index is 381.